The number of aromatic nitrogens is 1. The molecule has 0 fully saturated rings. The lowest BCUT2D eigenvalue weighted by atomic mass is 10.1. The highest BCUT2D eigenvalue weighted by Gasteiger charge is 2.23. The molecule has 1 aliphatic heterocycles. The number of H-pyrrole nitrogens is 1. The van der Waals surface area contributed by atoms with Gasteiger partial charge in [-0.1, -0.05) is 0 Å². The van der Waals surface area contributed by atoms with Gasteiger partial charge in [-0.05, 0) is 21.7 Å². The van der Waals surface area contributed by atoms with Gasteiger partial charge in [0.1, 0.15) is 0 Å². The van der Waals surface area contributed by atoms with Crippen molar-refractivity contribution in [3.63, 3.8) is 0 Å². The minimum atomic E-state index is -0.0258. The van der Waals surface area contributed by atoms with Crippen LogP contribution in [0.1, 0.15) is 17.7 Å². The monoisotopic (exact) mass is 316 g/mol. The van der Waals surface area contributed by atoms with Gasteiger partial charge in [-0.15, -0.1) is 0 Å². The quantitative estimate of drug-likeness (QED) is 0.809. The second kappa shape index (κ2) is 5.27. The van der Waals surface area contributed by atoms with Gasteiger partial charge in [0.25, 0.3) is 0 Å². The van der Waals surface area contributed by atoms with E-state index in [-0.39, 0.29) is 11.3 Å². The van der Waals surface area contributed by atoms with E-state index < -0.39 is 0 Å². The van der Waals surface area contributed by atoms with E-state index in [9.17, 15) is 9.59 Å². The van der Waals surface area contributed by atoms with E-state index in [2.05, 4.69) is 33.5 Å². The molecule has 0 aromatic carbocycles. The van der Waals surface area contributed by atoms with Crippen LogP contribution >= 0.6 is 28.6 Å². The Bertz CT molecular complexity index is 501. The van der Waals surface area contributed by atoms with Crippen molar-refractivity contribution in [1.82, 2.24) is 9.88 Å². The Labute approximate surface area is 113 Å². The Morgan fingerprint density at radius 3 is 3.06 bits per heavy atom. The van der Waals surface area contributed by atoms with E-state index in [1.54, 1.807) is 11.1 Å². The van der Waals surface area contributed by atoms with E-state index in [1.165, 1.54) is 0 Å². The normalized spacial score (nSPS) is 14.6. The molecule has 0 spiro atoms. The van der Waals surface area contributed by atoms with Crippen LogP contribution in [0.5, 0.6) is 0 Å². The molecule has 1 N–H and O–H groups in total. The summed E-state index contributed by atoms with van der Waals surface area (Å²) >= 11 is 7.25. The van der Waals surface area contributed by atoms with Crippen LogP contribution in [0.15, 0.2) is 15.5 Å². The van der Waals surface area contributed by atoms with Gasteiger partial charge in [0.05, 0.1) is 11.0 Å². The molecule has 4 nitrogen and oxygen atoms in total. The van der Waals surface area contributed by atoms with E-state index in [0.717, 1.165) is 5.69 Å². The van der Waals surface area contributed by atoms with Crippen molar-refractivity contribution < 1.29 is 4.79 Å². The van der Waals surface area contributed by atoms with Crippen LogP contribution in [0.2, 0.25) is 0 Å². The molecule has 0 radical (unpaired) electrons. The Morgan fingerprint density at radius 1 is 1.59 bits per heavy atom. The summed E-state index contributed by atoms with van der Waals surface area (Å²) in [4.78, 5) is 28.5. The summed E-state index contributed by atoms with van der Waals surface area (Å²) in [5, 5.41) is 0. The van der Waals surface area contributed by atoms with Gasteiger partial charge in [-0.25, -0.2) is 0 Å². The lowest BCUT2D eigenvalue weighted by Gasteiger charge is -2.28. The summed E-state index contributed by atoms with van der Waals surface area (Å²) in [6.07, 6.45) is 2.78. The molecule has 0 atom stereocenters. The number of carbonyl (C=O) groups excluding carboxylic acids is 1. The molecule has 2 rings (SSSR count). The van der Waals surface area contributed by atoms with Crippen molar-refractivity contribution in [2.45, 2.75) is 19.4 Å². The Balaban J connectivity index is 2.26. The molecule has 1 aromatic heterocycles. The smallest absolute Gasteiger partial charge is 0.223 e. The van der Waals surface area contributed by atoms with Gasteiger partial charge in [0.2, 0.25) is 11.3 Å². The van der Waals surface area contributed by atoms with Crippen molar-refractivity contribution >= 4 is 34.5 Å². The number of hydrogen-bond donors (Lipinski definition) is 2. The number of pyridine rings is 1. The number of fused-ring (bicyclic) bond motifs is 1. The van der Waals surface area contributed by atoms with Gasteiger partial charge >= 0.3 is 0 Å². The number of amides is 1. The molecule has 0 unspecified atom stereocenters. The molecule has 0 aliphatic carbocycles. The van der Waals surface area contributed by atoms with Crippen LogP contribution in [0.3, 0.4) is 0 Å². The highest BCUT2D eigenvalue weighted by molar-refractivity contribution is 9.10. The van der Waals surface area contributed by atoms with Gasteiger partial charge in [-0.2, -0.15) is 12.6 Å². The standard InChI is InChI=1S/C11H13BrN2O2S/c12-8-5-13-9-1-3-14(10(15)2-4-17)6-7(9)11(8)16/h5,17H,1-4,6H2,(H,13,16). The molecule has 0 saturated heterocycles. The summed E-state index contributed by atoms with van der Waals surface area (Å²) in [5.41, 5.74) is 1.60. The number of halogens is 1. The van der Waals surface area contributed by atoms with Crippen LogP contribution in [-0.4, -0.2) is 28.1 Å². The fourth-order valence-electron chi connectivity index (χ4n) is 1.96. The van der Waals surface area contributed by atoms with Crippen LogP contribution in [0.4, 0.5) is 0 Å². The number of aromatic amines is 1. The topological polar surface area (TPSA) is 53.2 Å². The van der Waals surface area contributed by atoms with Crippen LogP contribution in [-0.2, 0) is 17.8 Å². The van der Waals surface area contributed by atoms with Gasteiger partial charge in [0.15, 0.2) is 0 Å². The Hall–Kier alpha value is -0.750. The number of nitrogens with one attached hydrogen (secondary N) is 1. The van der Waals surface area contributed by atoms with E-state index in [0.29, 0.717) is 41.7 Å². The molecule has 0 bridgehead atoms. The molecule has 92 valence electrons. The van der Waals surface area contributed by atoms with Crippen LogP contribution in [0.25, 0.3) is 0 Å². The zero-order valence-electron chi connectivity index (χ0n) is 9.20. The molecule has 1 amide bonds. The molecule has 1 aromatic rings. The van der Waals surface area contributed by atoms with Crippen LogP contribution < -0.4 is 5.43 Å². The second-order valence-electron chi connectivity index (χ2n) is 3.96. The third kappa shape index (κ3) is 2.57. The molecular weight excluding hydrogens is 304 g/mol. The Morgan fingerprint density at radius 2 is 2.35 bits per heavy atom. The summed E-state index contributed by atoms with van der Waals surface area (Å²) in [6.45, 7) is 1.06. The van der Waals surface area contributed by atoms with Crippen molar-refractivity contribution in [1.29, 1.82) is 0 Å². The SMILES string of the molecule is O=C(CCS)N1CCc2[nH]cc(Br)c(=O)c2C1. The summed E-state index contributed by atoms with van der Waals surface area (Å²) in [7, 11) is 0. The zero-order valence-corrected chi connectivity index (χ0v) is 11.7. The molecule has 0 saturated carbocycles. The number of nitrogens with zero attached hydrogens (tertiary/aromatic N) is 1. The zero-order chi connectivity index (χ0) is 12.4. The fourth-order valence-corrected chi connectivity index (χ4v) is 2.50. The van der Waals surface area contributed by atoms with Crippen LogP contribution in [0, 0.1) is 0 Å². The summed E-state index contributed by atoms with van der Waals surface area (Å²) in [5.74, 6) is 0.599. The van der Waals surface area contributed by atoms with E-state index >= 15 is 0 Å². The predicted octanol–water partition coefficient (Wildman–Crippen LogP) is 1.34. The first-order valence-electron chi connectivity index (χ1n) is 5.41. The molecular formula is C11H13BrN2O2S. The first-order valence-corrected chi connectivity index (χ1v) is 6.83. The van der Waals surface area contributed by atoms with Crippen molar-refractivity contribution in [2.75, 3.05) is 12.3 Å². The predicted molar refractivity (Wildman–Crippen MR) is 72.4 cm³/mol. The largest absolute Gasteiger partial charge is 0.363 e. The number of carbonyl (C=O) groups is 1. The Kier molecular flexibility index (Phi) is 3.93. The number of hydrogen-bond acceptors (Lipinski definition) is 3. The fraction of sp³-hybridized carbons (Fsp3) is 0.455. The van der Waals surface area contributed by atoms with Gasteiger partial charge in [-0.3, -0.25) is 9.59 Å². The lowest BCUT2D eigenvalue weighted by molar-refractivity contribution is -0.131. The first kappa shape index (κ1) is 12.7. The van der Waals surface area contributed by atoms with Crippen molar-refractivity contribution in [3.8, 4) is 0 Å². The lowest BCUT2D eigenvalue weighted by Crippen LogP contribution is -2.39. The van der Waals surface area contributed by atoms with Gasteiger partial charge in [0, 0.05) is 36.8 Å². The average molecular weight is 317 g/mol. The average Bonchev–Trinajstić information content (AvgIpc) is 2.34. The highest BCUT2D eigenvalue weighted by atomic mass is 79.9. The maximum atomic E-state index is 11.9. The summed E-state index contributed by atoms with van der Waals surface area (Å²) in [6, 6.07) is 0. The third-order valence-corrected chi connectivity index (χ3v) is 3.70. The second-order valence-corrected chi connectivity index (χ2v) is 5.26. The molecule has 1 aliphatic rings. The maximum absolute atomic E-state index is 11.9. The van der Waals surface area contributed by atoms with Gasteiger partial charge < -0.3 is 9.88 Å². The highest BCUT2D eigenvalue weighted by Crippen LogP contribution is 2.16. The minimum Gasteiger partial charge on any atom is -0.363 e. The number of rotatable bonds is 2. The van der Waals surface area contributed by atoms with E-state index in [4.69, 9.17) is 0 Å². The first-order chi connectivity index (χ1) is 8.13. The molecule has 17 heavy (non-hydrogen) atoms. The molecule has 2 heterocycles. The minimum absolute atomic E-state index is 0.0258. The third-order valence-electron chi connectivity index (χ3n) is 2.89. The molecule has 6 heteroatoms. The number of thiol groups is 1. The van der Waals surface area contributed by atoms with Crippen molar-refractivity contribution in [3.05, 3.63) is 32.2 Å². The summed E-state index contributed by atoms with van der Waals surface area (Å²) < 4.78 is 0.514. The maximum Gasteiger partial charge on any atom is 0.223 e. The van der Waals surface area contributed by atoms with Crippen molar-refractivity contribution in [2.24, 2.45) is 0 Å². The van der Waals surface area contributed by atoms with E-state index in [1.807, 2.05) is 0 Å².